The second kappa shape index (κ2) is 23.9. The van der Waals surface area contributed by atoms with Crippen molar-refractivity contribution in [3.63, 3.8) is 0 Å². The van der Waals surface area contributed by atoms with Crippen molar-refractivity contribution >= 4 is 29.8 Å². The predicted molar refractivity (Wildman–Crippen MR) is 268 cm³/mol. The molecule has 5 N–H and O–H groups in total. The van der Waals surface area contributed by atoms with Crippen molar-refractivity contribution in [1.82, 2.24) is 46.2 Å². The fraction of sp³-hybridized carbons (Fsp3) is 0.491. The number of carbonyl (C=O) groups excluding carboxylic acids is 4. The third kappa shape index (κ3) is 13.7. The number of hydrogen-bond acceptors (Lipinski definition) is 14. The highest BCUT2D eigenvalue weighted by molar-refractivity contribution is 5.87. The van der Waals surface area contributed by atoms with Crippen molar-refractivity contribution in [2.45, 2.75) is 109 Å². The van der Waals surface area contributed by atoms with E-state index in [2.05, 4.69) is 52.4 Å². The summed E-state index contributed by atoms with van der Waals surface area (Å²) < 4.78 is 91.1. The molecule has 0 saturated carbocycles. The molecule has 0 spiro atoms. The number of hydrogen-bond donors (Lipinski definition) is 5. The van der Waals surface area contributed by atoms with Gasteiger partial charge in [-0.2, -0.15) is 13.2 Å². The van der Waals surface area contributed by atoms with Crippen LogP contribution in [0.25, 0.3) is 11.3 Å². The Balaban J connectivity index is 1.15. The lowest BCUT2D eigenvalue weighted by molar-refractivity contribution is -0.220. The van der Waals surface area contributed by atoms with Crippen LogP contribution in [0.3, 0.4) is 0 Å². The number of alkyl carbamates (subject to hydrolysis) is 2. The number of nitrogens with zero attached hydrogens (tertiary/aromatic N) is 6. The number of aliphatic hydroxyl groups excluding tert-OH is 1. The van der Waals surface area contributed by atoms with E-state index in [-0.39, 0.29) is 17.7 Å². The monoisotopic (exact) mass is 1060 g/mol. The van der Waals surface area contributed by atoms with E-state index >= 15 is 8.78 Å². The molecule has 0 radical (unpaired) electrons. The van der Waals surface area contributed by atoms with Crippen LogP contribution in [0.1, 0.15) is 69.7 Å². The van der Waals surface area contributed by atoms with Crippen molar-refractivity contribution in [2.75, 3.05) is 51.9 Å². The summed E-state index contributed by atoms with van der Waals surface area (Å²) in [7, 11) is 2.17. The van der Waals surface area contributed by atoms with E-state index in [1.165, 1.54) is 25.6 Å². The lowest BCUT2D eigenvalue weighted by atomic mass is 9.82. The van der Waals surface area contributed by atoms with Crippen LogP contribution < -0.4 is 26.3 Å². The Morgan fingerprint density at radius 1 is 0.855 bits per heavy atom. The van der Waals surface area contributed by atoms with Gasteiger partial charge in [0.05, 0.1) is 55.8 Å². The number of nitrogens with one attached hydrogen (secondary N) is 4. The minimum Gasteiger partial charge on any atom is -0.453 e. The molecule has 3 aliphatic heterocycles. The molecule has 4 aromatic rings. The molecule has 0 unspecified atom stereocenters. The zero-order valence-corrected chi connectivity index (χ0v) is 43.2. The van der Waals surface area contributed by atoms with E-state index in [0.29, 0.717) is 48.7 Å². The number of halogens is 5. The number of aliphatic hydroxyl groups is 1. The molecule has 76 heavy (non-hydrogen) atoms. The summed E-state index contributed by atoms with van der Waals surface area (Å²) in [5, 5.41) is 19.7. The van der Waals surface area contributed by atoms with E-state index in [0.717, 1.165) is 69.2 Å². The summed E-state index contributed by atoms with van der Waals surface area (Å²) in [5.41, 5.74) is -0.250. The average molecular weight is 1060 g/mol. The molecule has 6 atom stereocenters. The second-order valence-corrected chi connectivity index (χ2v) is 20.7. The lowest BCUT2D eigenvalue weighted by Crippen LogP contribution is -2.62. The maximum atomic E-state index is 16.0. The summed E-state index contributed by atoms with van der Waals surface area (Å²) in [5.74, 6) is 2.53. The van der Waals surface area contributed by atoms with Crippen LogP contribution in [0.4, 0.5) is 37.4 Å². The maximum absolute atomic E-state index is 16.0. The number of amides is 4. The Bertz CT molecular complexity index is 2720. The number of ether oxygens (including phenoxy) is 3. The zero-order valence-electron chi connectivity index (χ0n) is 43.2. The first-order valence-corrected chi connectivity index (χ1v) is 24.7. The first kappa shape index (κ1) is 56.7. The first-order valence-electron chi connectivity index (χ1n) is 24.7. The summed E-state index contributed by atoms with van der Waals surface area (Å²) in [4.78, 5) is 70.6. The molecule has 2 aromatic heterocycles. The highest BCUT2D eigenvalue weighted by Crippen LogP contribution is 2.41. The van der Waals surface area contributed by atoms with Crippen LogP contribution in [0.5, 0.6) is 0 Å². The Labute approximate surface area is 437 Å². The van der Waals surface area contributed by atoms with Gasteiger partial charge in [-0.15, -0.1) is 0 Å². The third-order valence-electron chi connectivity index (χ3n) is 13.8. The van der Waals surface area contributed by atoms with Crippen LogP contribution in [-0.4, -0.2) is 150 Å². The van der Waals surface area contributed by atoms with Gasteiger partial charge in [-0.3, -0.25) is 29.9 Å². The number of benzene rings is 2. The van der Waals surface area contributed by atoms with E-state index in [1.807, 2.05) is 17.4 Å². The van der Waals surface area contributed by atoms with Crippen molar-refractivity contribution in [1.29, 1.82) is 0 Å². The quantitative estimate of drug-likeness (QED) is 0.0518. The van der Waals surface area contributed by atoms with Crippen molar-refractivity contribution < 1.29 is 60.4 Å². The van der Waals surface area contributed by atoms with Gasteiger partial charge in [0.1, 0.15) is 23.5 Å². The normalized spacial score (nSPS) is 18.5. The van der Waals surface area contributed by atoms with Gasteiger partial charge in [0.2, 0.25) is 5.91 Å². The molecule has 5 heterocycles. The van der Waals surface area contributed by atoms with Crippen LogP contribution in [0.2, 0.25) is 0 Å². The molecular formula is C53H63F5N10O8. The molecule has 4 amide bonds. The van der Waals surface area contributed by atoms with E-state index in [4.69, 9.17) is 14.5 Å². The Morgan fingerprint density at radius 2 is 1.50 bits per heavy atom. The molecule has 3 saturated heterocycles. The number of pyridine rings is 1. The molecule has 3 fully saturated rings. The van der Waals surface area contributed by atoms with Gasteiger partial charge in [-0.25, -0.2) is 28.4 Å². The number of piperazine rings is 1. The Morgan fingerprint density at radius 3 is 2.04 bits per heavy atom. The number of aromatic nitrogens is 3. The van der Waals surface area contributed by atoms with E-state index < -0.39 is 95.6 Å². The molecule has 0 aliphatic carbocycles. The number of methoxy groups -OCH3 is 1. The number of rotatable bonds is 17. The van der Waals surface area contributed by atoms with Gasteiger partial charge in [0.25, 0.3) is 5.91 Å². The molecule has 2 bridgehead atoms. The Kier molecular flexibility index (Phi) is 17.8. The van der Waals surface area contributed by atoms with Gasteiger partial charge in [-0.1, -0.05) is 44.7 Å². The predicted octanol–water partition coefficient (Wildman–Crippen LogP) is 5.27. The smallest absolute Gasteiger partial charge is 0.407 e. The Hall–Kier alpha value is -7.00. The van der Waals surface area contributed by atoms with Crippen LogP contribution in [0.15, 0.2) is 73.3 Å². The van der Waals surface area contributed by atoms with Crippen LogP contribution in [-0.2, 0) is 36.8 Å². The molecular weight excluding hydrogens is 1000 g/mol. The zero-order chi connectivity index (χ0) is 55.1. The van der Waals surface area contributed by atoms with Gasteiger partial charge in [0, 0.05) is 91.6 Å². The van der Waals surface area contributed by atoms with Crippen LogP contribution in [0, 0.1) is 34.3 Å². The second-order valence-electron chi connectivity index (χ2n) is 20.7. The fourth-order valence-corrected chi connectivity index (χ4v) is 9.39. The minimum absolute atomic E-state index is 0.0311. The fourth-order valence-electron chi connectivity index (χ4n) is 9.39. The number of anilines is 1. The lowest BCUT2D eigenvalue weighted by Gasteiger charge is -2.47. The van der Waals surface area contributed by atoms with Gasteiger partial charge >= 0.3 is 18.4 Å². The summed E-state index contributed by atoms with van der Waals surface area (Å²) in [6.07, 6.45) is -3.06. The van der Waals surface area contributed by atoms with E-state index in [9.17, 15) is 37.5 Å². The van der Waals surface area contributed by atoms with E-state index in [1.54, 1.807) is 51.2 Å². The third-order valence-corrected chi connectivity index (χ3v) is 13.8. The van der Waals surface area contributed by atoms with Crippen LogP contribution >= 0.6 is 0 Å². The molecule has 2 aromatic carbocycles. The van der Waals surface area contributed by atoms with Crippen molar-refractivity contribution in [3.05, 3.63) is 107 Å². The maximum Gasteiger partial charge on any atom is 0.407 e. The average Bonchev–Trinajstić information content (AvgIpc) is 3.61. The largest absolute Gasteiger partial charge is 0.453 e. The summed E-state index contributed by atoms with van der Waals surface area (Å²) in [6.45, 7) is 7.95. The standard InChI is InChI=1S/C53H63F5N10O8/c1-51(2,3)46(76-49(72)59-6)48(71)65-67(27-38-39(54)21-34(22-40(38)55)42-24-60-18-19-61-42)28-43(69)41(63-47(70)45(64-50(73)74-7)52(4,5)53(56,57)58)20-32-11-8-31(9-12-32)10-13-33-14-17-44(62-23-33)66-25-35-15-16-36(26-66)68(35)37-29-75-30-37/h8-9,11-12,14,17-19,21-24,35-37,41,43,45-46,69H,15-16,20,25-30H2,1-7H3,(H,59,72)(H,63,70)(H,64,73)(H,65,71)/t35-,36-,41-,43-,45+,46+/m0/s1. The highest BCUT2D eigenvalue weighted by atomic mass is 19.4. The minimum atomic E-state index is -5.06. The molecule has 3 aliphatic rings. The number of hydrazine groups is 1. The summed E-state index contributed by atoms with van der Waals surface area (Å²) >= 11 is 0. The topological polar surface area (TPSA) is 213 Å². The van der Waals surface area contributed by atoms with Crippen molar-refractivity contribution in [3.8, 4) is 23.1 Å². The van der Waals surface area contributed by atoms with Gasteiger partial charge in [0.15, 0.2) is 6.10 Å². The SMILES string of the molecule is CNC(=O)O[C@H](C(=O)NN(Cc1c(F)cc(-c2cnccn2)cc1F)C[C@H](O)[C@H](Cc1ccc(C#Cc2ccc(N3C[C@@H]4CC[C@@H](C3)N4C3COC3)nc2)cc1)NC(=O)[C@@H](NC(=O)OC)C(C)(C)C(F)(F)F)C(C)(C)C. The molecule has 7 rings (SSSR count). The molecule has 23 heteroatoms. The van der Waals surface area contributed by atoms with Gasteiger partial charge < -0.3 is 40.2 Å². The molecule has 408 valence electrons. The highest BCUT2D eigenvalue weighted by Gasteiger charge is 2.56. The summed E-state index contributed by atoms with van der Waals surface area (Å²) in [6, 6.07) is 9.97. The van der Waals surface area contributed by atoms with Crippen molar-refractivity contribution in [2.24, 2.45) is 10.8 Å². The number of alkyl halides is 3. The molecule has 18 nitrogen and oxygen atoms in total. The van der Waals surface area contributed by atoms with Gasteiger partial charge in [-0.05, 0) is 75.1 Å². The number of carbonyl (C=O) groups is 4. The first-order chi connectivity index (χ1) is 35.9. The number of fused-ring (bicyclic) bond motifs is 2.